The van der Waals surface area contributed by atoms with Gasteiger partial charge in [-0.15, -0.1) is 0 Å². The molecule has 0 fully saturated rings. The summed E-state index contributed by atoms with van der Waals surface area (Å²) in [4.78, 5) is 4.38. The van der Waals surface area contributed by atoms with Crippen LogP contribution in [0.3, 0.4) is 0 Å². The molecule has 2 nitrogen and oxygen atoms in total. The van der Waals surface area contributed by atoms with Crippen molar-refractivity contribution in [2.75, 3.05) is 0 Å². The highest BCUT2D eigenvalue weighted by Crippen LogP contribution is 2.18. The summed E-state index contributed by atoms with van der Waals surface area (Å²) in [5.41, 5.74) is 9.70. The summed E-state index contributed by atoms with van der Waals surface area (Å²) in [5, 5.41) is 0. The van der Waals surface area contributed by atoms with Gasteiger partial charge >= 0.3 is 0 Å². The van der Waals surface area contributed by atoms with Crippen molar-refractivity contribution < 1.29 is 4.39 Å². The normalized spacial score (nSPS) is 12.4. The molecule has 1 aromatic carbocycles. The number of halogens is 1. The van der Waals surface area contributed by atoms with Crippen LogP contribution in [0.4, 0.5) is 4.39 Å². The summed E-state index contributed by atoms with van der Waals surface area (Å²) in [5.74, 6) is -0.206. The predicted octanol–water partition coefficient (Wildman–Crippen LogP) is 3.33. The molecule has 0 aliphatic rings. The Hall–Kier alpha value is -1.74. The minimum absolute atomic E-state index is 0.206. The summed E-state index contributed by atoms with van der Waals surface area (Å²) in [6.45, 7) is 3.84. The molecule has 1 unspecified atom stereocenters. The van der Waals surface area contributed by atoms with Gasteiger partial charge in [-0.3, -0.25) is 4.98 Å². The van der Waals surface area contributed by atoms with Gasteiger partial charge < -0.3 is 5.73 Å². The largest absolute Gasteiger partial charge is 0.324 e. The molecule has 0 saturated heterocycles. The van der Waals surface area contributed by atoms with Crippen molar-refractivity contribution in [1.82, 2.24) is 4.98 Å². The molecule has 0 amide bonds. The first-order chi connectivity index (χ1) is 9.10. The van der Waals surface area contributed by atoms with Crippen LogP contribution >= 0.6 is 0 Å². The maximum Gasteiger partial charge on any atom is 0.126 e. The van der Waals surface area contributed by atoms with Gasteiger partial charge in [-0.05, 0) is 42.2 Å². The average molecular weight is 258 g/mol. The zero-order valence-corrected chi connectivity index (χ0v) is 11.4. The molecule has 0 aliphatic carbocycles. The Morgan fingerprint density at radius 1 is 1.26 bits per heavy atom. The van der Waals surface area contributed by atoms with Gasteiger partial charge in [0.2, 0.25) is 0 Å². The summed E-state index contributed by atoms with van der Waals surface area (Å²) in [7, 11) is 0. The maximum atomic E-state index is 13.5. The zero-order chi connectivity index (χ0) is 13.8. The second kappa shape index (κ2) is 5.93. The molecule has 0 radical (unpaired) electrons. The van der Waals surface area contributed by atoms with Gasteiger partial charge in [-0.25, -0.2) is 4.39 Å². The Morgan fingerprint density at radius 3 is 2.63 bits per heavy atom. The minimum Gasteiger partial charge on any atom is -0.324 e. The molecule has 2 aromatic rings. The molecule has 2 rings (SSSR count). The maximum absolute atomic E-state index is 13.5. The fraction of sp³-hybridized carbons (Fsp3) is 0.312. The second-order valence-corrected chi connectivity index (χ2v) is 4.83. The highest BCUT2D eigenvalue weighted by atomic mass is 19.1. The van der Waals surface area contributed by atoms with Crippen LogP contribution in [0.5, 0.6) is 0 Å². The Labute approximate surface area is 113 Å². The van der Waals surface area contributed by atoms with Crippen LogP contribution in [0.25, 0.3) is 0 Å². The van der Waals surface area contributed by atoms with E-state index in [1.807, 2.05) is 18.3 Å². The first-order valence-electron chi connectivity index (χ1n) is 6.55. The number of aryl methyl sites for hydroxylation is 2. The van der Waals surface area contributed by atoms with E-state index in [0.717, 1.165) is 17.7 Å². The van der Waals surface area contributed by atoms with Gasteiger partial charge in [0.05, 0.1) is 0 Å². The third-order valence-electron chi connectivity index (χ3n) is 3.35. The standard InChI is InChI=1S/C16H19FN2/c1-3-12-5-7-14(19-10-12)9-16(18)13-6-4-11(2)15(17)8-13/h4-8,10,16H,3,9,18H2,1-2H3. The third-order valence-corrected chi connectivity index (χ3v) is 3.35. The molecular weight excluding hydrogens is 239 g/mol. The number of benzene rings is 1. The van der Waals surface area contributed by atoms with E-state index < -0.39 is 0 Å². The number of hydrogen-bond acceptors (Lipinski definition) is 2. The lowest BCUT2D eigenvalue weighted by molar-refractivity contribution is 0.609. The summed E-state index contributed by atoms with van der Waals surface area (Å²) < 4.78 is 13.5. The lowest BCUT2D eigenvalue weighted by Gasteiger charge is -2.12. The van der Waals surface area contributed by atoms with Crippen LogP contribution in [0.1, 0.15) is 35.3 Å². The second-order valence-electron chi connectivity index (χ2n) is 4.83. The SMILES string of the molecule is CCc1ccc(CC(N)c2ccc(C)c(F)c2)nc1. The zero-order valence-electron chi connectivity index (χ0n) is 11.4. The van der Waals surface area contributed by atoms with E-state index in [9.17, 15) is 4.39 Å². The third kappa shape index (κ3) is 3.38. The Balaban J connectivity index is 2.10. The fourth-order valence-electron chi connectivity index (χ4n) is 1.97. The van der Waals surface area contributed by atoms with Crippen molar-refractivity contribution in [3.63, 3.8) is 0 Å². The molecule has 0 saturated carbocycles. The van der Waals surface area contributed by atoms with Crippen molar-refractivity contribution in [2.45, 2.75) is 32.7 Å². The lowest BCUT2D eigenvalue weighted by Crippen LogP contribution is -2.14. The molecule has 2 N–H and O–H groups in total. The van der Waals surface area contributed by atoms with Gasteiger partial charge in [0.15, 0.2) is 0 Å². The van der Waals surface area contributed by atoms with Gasteiger partial charge in [-0.1, -0.05) is 25.1 Å². The average Bonchev–Trinajstić information content (AvgIpc) is 2.42. The van der Waals surface area contributed by atoms with Gasteiger partial charge in [0.25, 0.3) is 0 Å². The van der Waals surface area contributed by atoms with Crippen LogP contribution in [0.15, 0.2) is 36.5 Å². The van der Waals surface area contributed by atoms with E-state index in [1.54, 1.807) is 13.0 Å². The molecular formula is C16H19FN2. The number of pyridine rings is 1. The Bertz CT molecular complexity index is 549. The Kier molecular flexibility index (Phi) is 4.27. The van der Waals surface area contributed by atoms with Crippen molar-refractivity contribution in [3.05, 3.63) is 64.7 Å². The summed E-state index contributed by atoms with van der Waals surface area (Å²) in [6, 6.07) is 8.98. The topological polar surface area (TPSA) is 38.9 Å². The van der Waals surface area contributed by atoms with Crippen molar-refractivity contribution in [3.8, 4) is 0 Å². The molecule has 100 valence electrons. The molecule has 1 aromatic heterocycles. The smallest absolute Gasteiger partial charge is 0.126 e. The molecule has 1 atom stereocenters. The summed E-state index contributed by atoms with van der Waals surface area (Å²) >= 11 is 0. The quantitative estimate of drug-likeness (QED) is 0.913. The van der Waals surface area contributed by atoms with E-state index in [-0.39, 0.29) is 11.9 Å². The van der Waals surface area contributed by atoms with Gasteiger partial charge in [-0.2, -0.15) is 0 Å². The highest BCUT2D eigenvalue weighted by Gasteiger charge is 2.10. The van der Waals surface area contributed by atoms with Gasteiger partial charge in [0.1, 0.15) is 5.82 Å². The van der Waals surface area contributed by atoms with E-state index in [4.69, 9.17) is 5.73 Å². The van der Waals surface area contributed by atoms with E-state index in [0.29, 0.717) is 12.0 Å². The predicted molar refractivity (Wildman–Crippen MR) is 75.4 cm³/mol. The van der Waals surface area contributed by atoms with Crippen LogP contribution < -0.4 is 5.73 Å². The lowest BCUT2D eigenvalue weighted by atomic mass is 10.0. The van der Waals surface area contributed by atoms with Gasteiger partial charge in [0, 0.05) is 24.4 Å². The van der Waals surface area contributed by atoms with E-state index >= 15 is 0 Å². The number of nitrogens with zero attached hydrogens (tertiary/aromatic N) is 1. The molecule has 0 bridgehead atoms. The van der Waals surface area contributed by atoms with Crippen LogP contribution in [0, 0.1) is 12.7 Å². The summed E-state index contributed by atoms with van der Waals surface area (Å²) in [6.07, 6.45) is 3.47. The van der Waals surface area contributed by atoms with E-state index in [1.165, 1.54) is 11.6 Å². The van der Waals surface area contributed by atoms with Crippen molar-refractivity contribution in [2.24, 2.45) is 5.73 Å². The van der Waals surface area contributed by atoms with Crippen LogP contribution in [-0.4, -0.2) is 4.98 Å². The molecule has 1 heterocycles. The molecule has 0 aliphatic heterocycles. The van der Waals surface area contributed by atoms with E-state index in [2.05, 4.69) is 18.0 Å². The first-order valence-corrected chi connectivity index (χ1v) is 6.55. The first kappa shape index (κ1) is 13.7. The monoisotopic (exact) mass is 258 g/mol. The highest BCUT2D eigenvalue weighted by molar-refractivity contribution is 5.27. The number of nitrogens with two attached hydrogens (primary N) is 1. The number of rotatable bonds is 4. The molecule has 3 heteroatoms. The molecule has 0 spiro atoms. The molecule has 19 heavy (non-hydrogen) atoms. The van der Waals surface area contributed by atoms with Crippen molar-refractivity contribution in [1.29, 1.82) is 0 Å². The minimum atomic E-state index is -0.227. The van der Waals surface area contributed by atoms with Crippen molar-refractivity contribution >= 4 is 0 Å². The number of hydrogen-bond donors (Lipinski definition) is 1. The Morgan fingerprint density at radius 2 is 2.05 bits per heavy atom. The fourth-order valence-corrected chi connectivity index (χ4v) is 1.97. The number of aromatic nitrogens is 1. The van der Waals surface area contributed by atoms with Crippen LogP contribution in [-0.2, 0) is 12.8 Å². The van der Waals surface area contributed by atoms with Crippen LogP contribution in [0.2, 0.25) is 0 Å².